The summed E-state index contributed by atoms with van der Waals surface area (Å²) in [4.78, 5) is 35.3. The Morgan fingerprint density at radius 1 is 1.28 bits per heavy atom. The summed E-state index contributed by atoms with van der Waals surface area (Å²) in [6, 6.07) is 7.32. The molecule has 8 heteroatoms. The van der Waals surface area contributed by atoms with E-state index in [1.807, 2.05) is 30.0 Å². The molecule has 0 radical (unpaired) electrons. The monoisotopic (exact) mass is 411 g/mol. The second kappa shape index (κ2) is 6.67. The van der Waals surface area contributed by atoms with E-state index in [0.717, 1.165) is 33.7 Å². The van der Waals surface area contributed by atoms with Crippen molar-refractivity contribution >= 4 is 34.2 Å². The summed E-state index contributed by atoms with van der Waals surface area (Å²) < 4.78 is 6.18. The fourth-order valence-electron chi connectivity index (χ4n) is 4.46. The fourth-order valence-corrected chi connectivity index (χ4v) is 5.53. The highest BCUT2D eigenvalue weighted by Crippen LogP contribution is 2.44. The minimum atomic E-state index is -0.892. The third kappa shape index (κ3) is 3.03. The number of benzene rings is 1. The quantitative estimate of drug-likeness (QED) is 0.674. The Morgan fingerprint density at radius 2 is 2.07 bits per heavy atom. The lowest BCUT2D eigenvalue weighted by molar-refractivity contribution is -0.0926. The maximum Gasteiger partial charge on any atom is 0.345 e. The van der Waals surface area contributed by atoms with E-state index < -0.39 is 11.6 Å². The van der Waals surface area contributed by atoms with Crippen molar-refractivity contribution in [3.05, 3.63) is 51.0 Å². The first-order chi connectivity index (χ1) is 13.9. The van der Waals surface area contributed by atoms with E-state index in [2.05, 4.69) is 9.97 Å². The first-order valence-electron chi connectivity index (χ1n) is 9.71. The molecule has 4 heterocycles. The smallest absolute Gasteiger partial charge is 0.345 e. The summed E-state index contributed by atoms with van der Waals surface area (Å²) in [5, 5.41) is 9.35. The minimum absolute atomic E-state index is 0.00146. The van der Waals surface area contributed by atoms with Crippen LogP contribution in [-0.2, 0) is 16.8 Å². The zero-order chi connectivity index (χ0) is 20.2. The van der Waals surface area contributed by atoms with Crippen LogP contribution in [0.3, 0.4) is 0 Å². The standard InChI is InChI=1S/C21H21N3O4S/c1-12-22-15-3-2-13(10-16(15)23-12)19(25)24-7-5-21(6-8-24)14-11-18(20(26)27)29-17(14)4-9-28-21/h2-3,10-11H,4-9H2,1H3,(H,22,23)(H,26,27). The van der Waals surface area contributed by atoms with Gasteiger partial charge in [-0.1, -0.05) is 0 Å². The maximum absolute atomic E-state index is 13.0. The Balaban J connectivity index is 1.36. The van der Waals surface area contributed by atoms with E-state index >= 15 is 0 Å². The fraction of sp³-hybridized carbons (Fsp3) is 0.381. The molecular weight excluding hydrogens is 390 g/mol. The summed E-state index contributed by atoms with van der Waals surface area (Å²) >= 11 is 1.35. The molecule has 1 spiro atoms. The lowest BCUT2D eigenvalue weighted by Gasteiger charge is -2.44. The number of carbonyl (C=O) groups is 2. The Kier molecular flexibility index (Phi) is 4.22. The third-order valence-corrected chi connectivity index (χ3v) is 7.11. The molecule has 3 aromatic rings. The summed E-state index contributed by atoms with van der Waals surface area (Å²) in [5.41, 5.74) is 2.89. The van der Waals surface area contributed by atoms with Crippen LogP contribution in [0.1, 0.15) is 49.1 Å². The van der Waals surface area contributed by atoms with Crippen LogP contribution in [0.2, 0.25) is 0 Å². The first-order valence-corrected chi connectivity index (χ1v) is 10.5. The van der Waals surface area contributed by atoms with Crippen molar-refractivity contribution in [2.75, 3.05) is 19.7 Å². The highest BCUT2D eigenvalue weighted by atomic mass is 32.1. The molecule has 0 unspecified atom stereocenters. The topological polar surface area (TPSA) is 95.5 Å². The molecule has 1 fully saturated rings. The van der Waals surface area contributed by atoms with Crippen LogP contribution in [0.25, 0.3) is 11.0 Å². The maximum atomic E-state index is 13.0. The van der Waals surface area contributed by atoms with Gasteiger partial charge in [-0.05, 0) is 49.6 Å². The van der Waals surface area contributed by atoms with Gasteiger partial charge in [0.2, 0.25) is 0 Å². The highest BCUT2D eigenvalue weighted by Gasteiger charge is 2.43. The van der Waals surface area contributed by atoms with Crippen molar-refractivity contribution in [1.29, 1.82) is 0 Å². The molecule has 1 amide bonds. The number of ether oxygens (including phenoxy) is 1. The number of aromatic nitrogens is 2. The number of piperidine rings is 1. The lowest BCUT2D eigenvalue weighted by atomic mass is 9.82. The number of fused-ring (bicyclic) bond motifs is 3. The van der Waals surface area contributed by atoms with Gasteiger partial charge < -0.3 is 19.7 Å². The van der Waals surface area contributed by atoms with Crippen LogP contribution >= 0.6 is 11.3 Å². The van der Waals surface area contributed by atoms with Crippen molar-refractivity contribution in [2.24, 2.45) is 0 Å². The predicted molar refractivity (Wildman–Crippen MR) is 109 cm³/mol. The summed E-state index contributed by atoms with van der Waals surface area (Å²) in [6.07, 6.45) is 2.10. The van der Waals surface area contributed by atoms with Crippen molar-refractivity contribution in [2.45, 2.75) is 31.8 Å². The second-order valence-electron chi connectivity index (χ2n) is 7.69. The molecule has 0 bridgehead atoms. The molecule has 0 saturated carbocycles. The Morgan fingerprint density at radius 3 is 2.83 bits per heavy atom. The van der Waals surface area contributed by atoms with Crippen LogP contribution in [0, 0.1) is 6.92 Å². The number of thiophene rings is 1. The van der Waals surface area contributed by atoms with Crippen LogP contribution < -0.4 is 0 Å². The highest BCUT2D eigenvalue weighted by molar-refractivity contribution is 7.14. The van der Waals surface area contributed by atoms with E-state index in [1.54, 1.807) is 6.07 Å². The summed E-state index contributed by atoms with van der Waals surface area (Å²) in [6.45, 7) is 3.65. The molecule has 150 valence electrons. The molecule has 2 aliphatic rings. The van der Waals surface area contributed by atoms with Crippen molar-refractivity contribution in [3.63, 3.8) is 0 Å². The van der Waals surface area contributed by atoms with Gasteiger partial charge in [0.05, 0.1) is 23.2 Å². The van der Waals surface area contributed by atoms with E-state index in [0.29, 0.717) is 43.0 Å². The van der Waals surface area contributed by atoms with Gasteiger partial charge in [-0.2, -0.15) is 0 Å². The number of nitrogens with one attached hydrogen (secondary N) is 1. The number of hydrogen-bond acceptors (Lipinski definition) is 5. The largest absolute Gasteiger partial charge is 0.477 e. The molecule has 2 aromatic heterocycles. The minimum Gasteiger partial charge on any atom is -0.477 e. The SMILES string of the molecule is Cc1nc2ccc(C(=O)N3CCC4(CC3)OCCc3sc(C(=O)O)cc34)cc2[nH]1. The van der Waals surface area contributed by atoms with Gasteiger partial charge in [0, 0.05) is 30.0 Å². The van der Waals surface area contributed by atoms with E-state index in [1.165, 1.54) is 11.3 Å². The number of hydrogen-bond donors (Lipinski definition) is 2. The molecule has 1 saturated heterocycles. The number of nitrogens with zero attached hydrogens (tertiary/aromatic N) is 2. The number of amides is 1. The van der Waals surface area contributed by atoms with Gasteiger partial charge >= 0.3 is 5.97 Å². The van der Waals surface area contributed by atoms with Gasteiger partial charge in [0.15, 0.2) is 0 Å². The number of aryl methyl sites for hydroxylation is 1. The van der Waals surface area contributed by atoms with E-state index in [4.69, 9.17) is 4.74 Å². The van der Waals surface area contributed by atoms with Gasteiger partial charge in [0.1, 0.15) is 10.7 Å². The Labute approximate surface area is 171 Å². The molecule has 0 atom stereocenters. The van der Waals surface area contributed by atoms with Crippen LogP contribution in [-0.4, -0.2) is 51.5 Å². The number of rotatable bonds is 2. The van der Waals surface area contributed by atoms with Crippen LogP contribution in [0.4, 0.5) is 0 Å². The van der Waals surface area contributed by atoms with Gasteiger partial charge in [0.25, 0.3) is 5.91 Å². The molecule has 1 aromatic carbocycles. The number of carbonyl (C=O) groups excluding carboxylic acids is 1. The number of aromatic carboxylic acids is 1. The van der Waals surface area contributed by atoms with Crippen molar-refractivity contribution in [1.82, 2.24) is 14.9 Å². The first kappa shape index (κ1) is 18.3. The van der Waals surface area contributed by atoms with E-state index in [-0.39, 0.29) is 5.91 Å². The molecular formula is C21H21N3O4S. The number of likely N-dealkylation sites (tertiary alicyclic amines) is 1. The average Bonchev–Trinajstić information content (AvgIpc) is 3.31. The molecule has 2 N–H and O–H groups in total. The Hall–Kier alpha value is -2.71. The molecule has 2 aliphatic heterocycles. The van der Waals surface area contributed by atoms with Gasteiger partial charge in [-0.3, -0.25) is 4.79 Å². The van der Waals surface area contributed by atoms with Crippen molar-refractivity contribution in [3.8, 4) is 0 Å². The van der Waals surface area contributed by atoms with Gasteiger partial charge in [-0.15, -0.1) is 11.3 Å². The number of imidazole rings is 1. The molecule has 29 heavy (non-hydrogen) atoms. The van der Waals surface area contributed by atoms with Crippen LogP contribution in [0.15, 0.2) is 24.3 Å². The number of aromatic amines is 1. The number of carboxylic acid groups (broad SMARTS) is 1. The predicted octanol–water partition coefficient (Wildman–Crippen LogP) is 3.34. The zero-order valence-corrected chi connectivity index (χ0v) is 16.8. The molecule has 0 aliphatic carbocycles. The number of carboxylic acids is 1. The van der Waals surface area contributed by atoms with E-state index in [9.17, 15) is 14.7 Å². The Bertz CT molecular complexity index is 1120. The summed E-state index contributed by atoms with van der Waals surface area (Å²) in [7, 11) is 0. The van der Waals surface area contributed by atoms with Crippen molar-refractivity contribution < 1.29 is 19.4 Å². The van der Waals surface area contributed by atoms with Gasteiger partial charge in [-0.25, -0.2) is 9.78 Å². The second-order valence-corrected chi connectivity index (χ2v) is 8.83. The normalized spacial score (nSPS) is 18.2. The summed E-state index contributed by atoms with van der Waals surface area (Å²) in [5.74, 6) is -0.0653. The zero-order valence-electron chi connectivity index (χ0n) is 16.0. The molecule has 5 rings (SSSR count). The van der Waals surface area contributed by atoms with Crippen LogP contribution in [0.5, 0.6) is 0 Å². The average molecular weight is 411 g/mol. The number of H-pyrrole nitrogens is 1. The lowest BCUT2D eigenvalue weighted by Crippen LogP contribution is -2.48. The molecule has 7 nitrogen and oxygen atoms in total. The third-order valence-electron chi connectivity index (χ3n) is 5.92.